The molecule has 1 atom stereocenters. The van der Waals surface area contributed by atoms with E-state index in [0.29, 0.717) is 10.0 Å². The van der Waals surface area contributed by atoms with Gasteiger partial charge >= 0.3 is 0 Å². The van der Waals surface area contributed by atoms with Crippen LogP contribution < -0.4 is 0 Å². The van der Waals surface area contributed by atoms with Crippen molar-refractivity contribution in [3.05, 3.63) is 45.8 Å². The number of rotatable bonds is 3. The quantitative estimate of drug-likeness (QED) is 0.784. The van der Waals surface area contributed by atoms with Crippen molar-refractivity contribution >= 4 is 23.2 Å². The summed E-state index contributed by atoms with van der Waals surface area (Å²) in [6.07, 6.45) is 3.11. The molecule has 0 N–H and O–H groups in total. The molecule has 0 aromatic heterocycles. The summed E-state index contributed by atoms with van der Waals surface area (Å²) in [4.78, 5) is 0. The molecule has 0 radical (unpaired) electrons. The summed E-state index contributed by atoms with van der Waals surface area (Å²) < 4.78 is 11.0. The third-order valence-corrected chi connectivity index (χ3v) is 2.86. The average Bonchev–Trinajstić information content (AvgIpc) is 2.67. The summed E-state index contributed by atoms with van der Waals surface area (Å²) in [5.74, 6) is 0.860. The molecule has 0 saturated carbocycles. The van der Waals surface area contributed by atoms with Crippen molar-refractivity contribution in [2.24, 2.45) is 0 Å². The lowest BCUT2D eigenvalue weighted by atomic mass is 10.2. The van der Waals surface area contributed by atoms with Crippen molar-refractivity contribution in [3.63, 3.8) is 0 Å². The van der Waals surface area contributed by atoms with E-state index in [1.54, 1.807) is 18.4 Å². The molecular formula is C12H12Cl2O2. The summed E-state index contributed by atoms with van der Waals surface area (Å²) in [6.45, 7) is 2.09. The van der Waals surface area contributed by atoms with Gasteiger partial charge < -0.3 is 9.47 Å². The van der Waals surface area contributed by atoms with Crippen LogP contribution in [0.2, 0.25) is 10.0 Å². The smallest absolute Gasteiger partial charge is 0.268 e. The van der Waals surface area contributed by atoms with Crippen LogP contribution in [0.4, 0.5) is 0 Å². The Balaban J connectivity index is 2.10. The van der Waals surface area contributed by atoms with Crippen LogP contribution in [-0.2, 0) is 9.47 Å². The third kappa shape index (κ3) is 2.45. The molecule has 0 bridgehead atoms. The molecule has 1 unspecified atom stereocenters. The second-order valence-corrected chi connectivity index (χ2v) is 4.43. The molecule has 2 nitrogen and oxygen atoms in total. The van der Waals surface area contributed by atoms with Crippen LogP contribution in [-0.4, -0.2) is 0 Å². The van der Waals surface area contributed by atoms with Gasteiger partial charge in [-0.3, -0.25) is 0 Å². The van der Waals surface area contributed by atoms with E-state index in [1.807, 2.05) is 6.07 Å². The lowest BCUT2D eigenvalue weighted by Crippen LogP contribution is -2.00. The van der Waals surface area contributed by atoms with Crippen molar-refractivity contribution in [2.75, 3.05) is 0 Å². The lowest BCUT2D eigenvalue weighted by Gasteiger charge is -2.13. The van der Waals surface area contributed by atoms with Gasteiger partial charge in [0.2, 0.25) is 0 Å². The Bertz CT molecular complexity index is 415. The fourth-order valence-corrected chi connectivity index (χ4v) is 2.02. The number of halogens is 2. The van der Waals surface area contributed by atoms with E-state index in [-0.39, 0.29) is 0 Å². The number of hydrogen-bond acceptors (Lipinski definition) is 2. The number of benzene rings is 1. The van der Waals surface area contributed by atoms with E-state index < -0.39 is 6.29 Å². The van der Waals surface area contributed by atoms with Crippen LogP contribution >= 0.6 is 23.2 Å². The van der Waals surface area contributed by atoms with Crippen LogP contribution in [0.5, 0.6) is 0 Å². The minimum absolute atomic E-state index is 0.439. The van der Waals surface area contributed by atoms with Gasteiger partial charge in [0.15, 0.2) is 0 Å². The van der Waals surface area contributed by atoms with Crippen molar-refractivity contribution < 1.29 is 9.47 Å². The van der Waals surface area contributed by atoms with E-state index >= 15 is 0 Å². The highest BCUT2D eigenvalue weighted by atomic mass is 35.5. The van der Waals surface area contributed by atoms with Gasteiger partial charge in [-0.1, -0.05) is 30.1 Å². The number of hydrogen-bond donors (Lipinski definition) is 0. The lowest BCUT2D eigenvalue weighted by molar-refractivity contribution is -0.0354. The Hall–Kier alpha value is -0.860. The normalized spacial score (nSPS) is 18.9. The zero-order chi connectivity index (χ0) is 11.5. The largest absolute Gasteiger partial charge is 0.455 e. The molecule has 1 aliphatic heterocycles. The van der Waals surface area contributed by atoms with Crippen LogP contribution in [0, 0.1) is 0 Å². The van der Waals surface area contributed by atoms with Crippen LogP contribution in [0.25, 0.3) is 0 Å². The van der Waals surface area contributed by atoms with Crippen LogP contribution in [0.1, 0.15) is 31.6 Å². The summed E-state index contributed by atoms with van der Waals surface area (Å²) in [5.41, 5.74) is 0.799. The number of ether oxygens (including phenoxy) is 2. The van der Waals surface area contributed by atoms with Crippen molar-refractivity contribution in [2.45, 2.75) is 26.1 Å². The predicted molar refractivity (Wildman–Crippen MR) is 64.4 cm³/mol. The highest BCUT2D eigenvalue weighted by Crippen LogP contribution is 2.35. The van der Waals surface area contributed by atoms with Crippen molar-refractivity contribution in [1.29, 1.82) is 0 Å². The SMILES string of the molecule is CCCC1=COC(c2ccc(Cl)cc2Cl)O1. The molecule has 2 rings (SSSR count). The van der Waals surface area contributed by atoms with E-state index in [4.69, 9.17) is 32.7 Å². The van der Waals surface area contributed by atoms with Gasteiger partial charge in [-0.05, 0) is 24.6 Å². The molecule has 0 aliphatic carbocycles. The maximum absolute atomic E-state index is 6.07. The molecule has 0 saturated heterocycles. The minimum Gasteiger partial charge on any atom is -0.455 e. The Kier molecular flexibility index (Phi) is 3.62. The summed E-state index contributed by atoms with van der Waals surface area (Å²) in [7, 11) is 0. The molecule has 1 aromatic rings. The monoisotopic (exact) mass is 258 g/mol. The molecule has 1 aliphatic rings. The second-order valence-electron chi connectivity index (χ2n) is 3.59. The van der Waals surface area contributed by atoms with Gasteiger partial charge in [0.25, 0.3) is 6.29 Å². The van der Waals surface area contributed by atoms with Crippen LogP contribution in [0.3, 0.4) is 0 Å². The maximum atomic E-state index is 6.07. The van der Waals surface area contributed by atoms with Crippen molar-refractivity contribution in [1.82, 2.24) is 0 Å². The first-order chi connectivity index (χ1) is 7.70. The Morgan fingerprint density at radius 3 is 2.81 bits per heavy atom. The van der Waals surface area contributed by atoms with E-state index in [2.05, 4.69) is 6.92 Å². The zero-order valence-corrected chi connectivity index (χ0v) is 10.4. The second kappa shape index (κ2) is 4.98. The summed E-state index contributed by atoms with van der Waals surface area (Å²) >= 11 is 11.9. The van der Waals surface area contributed by atoms with Gasteiger partial charge in [-0.2, -0.15) is 0 Å². The first kappa shape index (κ1) is 11.6. The maximum Gasteiger partial charge on any atom is 0.268 e. The molecule has 1 heterocycles. The van der Waals surface area contributed by atoms with Gasteiger partial charge in [0.05, 0.1) is 10.6 Å². The Labute approximate surface area is 105 Å². The topological polar surface area (TPSA) is 18.5 Å². The highest BCUT2D eigenvalue weighted by molar-refractivity contribution is 6.35. The Morgan fingerprint density at radius 1 is 1.31 bits per heavy atom. The molecule has 0 spiro atoms. The van der Waals surface area contributed by atoms with Gasteiger partial charge in [0, 0.05) is 11.4 Å². The molecule has 0 amide bonds. The van der Waals surface area contributed by atoms with Crippen LogP contribution in [0.15, 0.2) is 30.2 Å². The third-order valence-electron chi connectivity index (χ3n) is 2.29. The van der Waals surface area contributed by atoms with Gasteiger partial charge in [-0.25, -0.2) is 0 Å². The summed E-state index contributed by atoms with van der Waals surface area (Å²) in [6, 6.07) is 5.27. The molecule has 4 heteroatoms. The standard InChI is InChI=1S/C12H12Cl2O2/c1-2-3-9-7-15-12(16-9)10-5-4-8(13)6-11(10)14/h4-7,12H,2-3H2,1H3. The average molecular weight is 259 g/mol. The first-order valence-electron chi connectivity index (χ1n) is 5.17. The molecular weight excluding hydrogens is 247 g/mol. The summed E-state index contributed by atoms with van der Waals surface area (Å²) in [5, 5.41) is 1.16. The van der Waals surface area contributed by atoms with Gasteiger partial charge in [-0.15, -0.1) is 0 Å². The predicted octanol–water partition coefficient (Wildman–Crippen LogP) is 4.68. The van der Waals surface area contributed by atoms with E-state index in [9.17, 15) is 0 Å². The number of allylic oxidation sites excluding steroid dienone is 1. The molecule has 1 aromatic carbocycles. The fourth-order valence-electron chi connectivity index (χ4n) is 1.52. The minimum atomic E-state index is -0.439. The molecule has 16 heavy (non-hydrogen) atoms. The van der Waals surface area contributed by atoms with E-state index in [0.717, 1.165) is 24.2 Å². The zero-order valence-electron chi connectivity index (χ0n) is 8.87. The fraction of sp³-hybridized carbons (Fsp3) is 0.333. The molecule has 86 valence electrons. The van der Waals surface area contributed by atoms with E-state index in [1.165, 1.54) is 0 Å². The van der Waals surface area contributed by atoms with Crippen molar-refractivity contribution in [3.8, 4) is 0 Å². The first-order valence-corrected chi connectivity index (χ1v) is 5.92. The molecule has 0 fully saturated rings. The van der Waals surface area contributed by atoms with Gasteiger partial charge in [0.1, 0.15) is 12.0 Å². The highest BCUT2D eigenvalue weighted by Gasteiger charge is 2.23. The Morgan fingerprint density at radius 2 is 2.12 bits per heavy atom.